The number of rotatable bonds is 2. The van der Waals surface area contributed by atoms with Crippen molar-refractivity contribution < 1.29 is 4.42 Å². The van der Waals surface area contributed by atoms with Gasteiger partial charge in [0.2, 0.25) is 0 Å². The van der Waals surface area contributed by atoms with Gasteiger partial charge in [-0.15, -0.1) is 0 Å². The molecule has 2 heteroatoms. The second-order valence-corrected chi connectivity index (χ2v) is 9.09. The van der Waals surface area contributed by atoms with Crippen LogP contribution in [0, 0.1) is 0 Å². The third-order valence-corrected chi connectivity index (χ3v) is 7.15. The van der Waals surface area contributed by atoms with Gasteiger partial charge in [0.05, 0.1) is 0 Å². The first-order chi connectivity index (χ1) is 15.7. The summed E-state index contributed by atoms with van der Waals surface area (Å²) in [7, 11) is 0. The van der Waals surface area contributed by atoms with Crippen molar-refractivity contribution in [2.45, 2.75) is 25.8 Å². The summed E-state index contributed by atoms with van der Waals surface area (Å²) in [5.41, 5.74) is 17.4. The second kappa shape index (κ2) is 6.44. The van der Waals surface area contributed by atoms with Gasteiger partial charge in [0.1, 0.15) is 11.2 Å². The molecule has 2 aliphatic carbocycles. The number of hydrogen-bond acceptors (Lipinski definition) is 2. The highest BCUT2D eigenvalue weighted by molar-refractivity contribution is 6.11. The van der Waals surface area contributed by atoms with E-state index in [2.05, 4.69) is 66.8 Å². The van der Waals surface area contributed by atoms with Gasteiger partial charge in [-0.3, -0.25) is 0 Å². The molecule has 2 aliphatic rings. The van der Waals surface area contributed by atoms with Crippen LogP contribution < -0.4 is 5.73 Å². The molecule has 0 fully saturated rings. The van der Waals surface area contributed by atoms with Crippen LogP contribution in [0.1, 0.15) is 41.6 Å². The molecule has 1 atom stereocenters. The Kier molecular flexibility index (Phi) is 3.62. The minimum atomic E-state index is -0.0501. The Bertz CT molecular complexity index is 1640. The SMILES string of the molecule is CC(N)c1cccc2oc3ccc(-c4ccc5c6c7c(ccc46)C=CCC7=CC5)cc3c12. The third kappa shape index (κ3) is 2.39. The predicted molar refractivity (Wildman–Crippen MR) is 135 cm³/mol. The average Bonchev–Trinajstić information content (AvgIpc) is 3.20. The highest BCUT2D eigenvalue weighted by atomic mass is 16.3. The number of fused-ring (bicyclic) bond motifs is 3. The molecule has 0 radical (unpaired) electrons. The van der Waals surface area contributed by atoms with Crippen molar-refractivity contribution in [1.82, 2.24) is 0 Å². The van der Waals surface area contributed by atoms with Crippen LogP contribution in [0.5, 0.6) is 0 Å². The molecule has 0 spiro atoms. The first-order valence-corrected chi connectivity index (χ1v) is 11.3. The van der Waals surface area contributed by atoms with Crippen molar-refractivity contribution in [3.05, 3.63) is 95.1 Å². The minimum absolute atomic E-state index is 0.0501. The second-order valence-electron chi connectivity index (χ2n) is 9.09. The summed E-state index contributed by atoms with van der Waals surface area (Å²) in [6.45, 7) is 2.03. The molecule has 1 heterocycles. The zero-order chi connectivity index (χ0) is 21.4. The number of allylic oxidation sites excluding steroid dienone is 3. The molecular formula is C30H23NO. The first kappa shape index (κ1) is 18.0. The van der Waals surface area contributed by atoms with Gasteiger partial charge in [-0.2, -0.15) is 0 Å². The molecule has 154 valence electrons. The van der Waals surface area contributed by atoms with Crippen molar-refractivity contribution >= 4 is 44.4 Å². The van der Waals surface area contributed by atoms with Crippen molar-refractivity contribution in [3.8, 4) is 11.1 Å². The van der Waals surface area contributed by atoms with Gasteiger partial charge in [0.25, 0.3) is 0 Å². The Labute approximate surface area is 186 Å². The molecule has 7 rings (SSSR count). The molecular weight excluding hydrogens is 390 g/mol. The number of furan rings is 1. The summed E-state index contributed by atoms with van der Waals surface area (Å²) in [5, 5.41) is 5.03. The molecule has 0 saturated carbocycles. The largest absolute Gasteiger partial charge is 0.456 e. The molecule has 2 N–H and O–H groups in total. The Morgan fingerprint density at radius 1 is 0.875 bits per heavy atom. The zero-order valence-electron chi connectivity index (χ0n) is 18.0. The lowest BCUT2D eigenvalue weighted by atomic mass is 9.80. The summed E-state index contributed by atoms with van der Waals surface area (Å²) in [4.78, 5) is 0. The summed E-state index contributed by atoms with van der Waals surface area (Å²) >= 11 is 0. The van der Waals surface area contributed by atoms with Crippen molar-refractivity contribution in [3.63, 3.8) is 0 Å². The fourth-order valence-electron chi connectivity index (χ4n) is 5.68. The lowest BCUT2D eigenvalue weighted by Crippen LogP contribution is -2.04. The monoisotopic (exact) mass is 413 g/mol. The fraction of sp³-hybridized carbons (Fsp3) is 0.133. The number of benzene rings is 4. The fourth-order valence-corrected chi connectivity index (χ4v) is 5.68. The molecule has 4 aromatic carbocycles. The van der Waals surface area contributed by atoms with E-state index in [0.717, 1.165) is 40.3 Å². The highest BCUT2D eigenvalue weighted by Gasteiger charge is 2.21. The number of nitrogens with two attached hydrogens (primary N) is 1. The van der Waals surface area contributed by atoms with Gasteiger partial charge in [-0.1, -0.05) is 60.7 Å². The molecule has 2 nitrogen and oxygen atoms in total. The lowest BCUT2D eigenvalue weighted by Gasteiger charge is -2.24. The van der Waals surface area contributed by atoms with Crippen molar-refractivity contribution in [1.29, 1.82) is 0 Å². The third-order valence-electron chi connectivity index (χ3n) is 7.15. The van der Waals surface area contributed by atoms with Crippen LogP contribution in [0.2, 0.25) is 0 Å². The molecule has 5 aromatic rings. The molecule has 0 aliphatic heterocycles. The Morgan fingerprint density at radius 3 is 2.72 bits per heavy atom. The zero-order valence-corrected chi connectivity index (χ0v) is 18.0. The van der Waals surface area contributed by atoms with E-state index in [1.807, 2.05) is 19.1 Å². The minimum Gasteiger partial charge on any atom is -0.456 e. The van der Waals surface area contributed by atoms with Crippen LogP contribution >= 0.6 is 0 Å². The van der Waals surface area contributed by atoms with E-state index in [1.54, 1.807) is 0 Å². The maximum absolute atomic E-state index is 6.30. The first-order valence-electron chi connectivity index (χ1n) is 11.3. The number of hydrogen-bond donors (Lipinski definition) is 1. The van der Waals surface area contributed by atoms with Gasteiger partial charge < -0.3 is 10.2 Å². The molecule has 1 unspecified atom stereocenters. The van der Waals surface area contributed by atoms with E-state index in [9.17, 15) is 0 Å². The van der Waals surface area contributed by atoms with Crippen LogP contribution in [-0.2, 0) is 6.42 Å². The van der Waals surface area contributed by atoms with E-state index in [-0.39, 0.29) is 6.04 Å². The Morgan fingerprint density at radius 2 is 1.81 bits per heavy atom. The Balaban J connectivity index is 1.53. The molecule has 1 aromatic heterocycles. The molecule has 32 heavy (non-hydrogen) atoms. The van der Waals surface area contributed by atoms with E-state index >= 15 is 0 Å². The van der Waals surface area contributed by atoms with Gasteiger partial charge in [-0.05, 0) is 87.7 Å². The van der Waals surface area contributed by atoms with Gasteiger partial charge >= 0.3 is 0 Å². The summed E-state index contributed by atoms with van der Waals surface area (Å²) < 4.78 is 6.17. The standard InChI is InChI=1S/C30H23NO/c1-17(31)22-6-3-7-27-30(22)25-16-21(12-15-26(25)32-27)23-13-10-20-9-8-18-4-2-5-19-11-14-24(23)29(20)28(18)19/h2-3,5-8,10-17H,4,9,31H2,1H3. The maximum atomic E-state index is 6.30. The summed E-state index contributed by atoms with van der Waals surface area (Å²) in [6, 6.07) is 21.9. The average molecular weight is 414 g/mol. The topological polar surface area (TPSA) is 39.2 Å². The van der Waals surface area contributed by atoms with Crippen molar-refractivity contribution in [2.24, 2.45) is 5.73 Å². The van der Waals surface area contributed by atoms with Crippen LogP contribution in [-0.4, -0.2) is 0 Å². The molecule has 0 saturated heterocycles. The van der Waals surface area contributed by atoms with Gasteiger partial charge in [-0.25, -0.2) is 0 Å². The normalized spacial score (nSPS) is 15.5. The van der Waals surface area contributed by atoms with E-state index in [1.165, 1.54) is 44.2 Å². The highest BCUT2D eigenvalue weighted by Crippen LogP contribution is 2.44. The lowest BCUT2D eigenvalue weighted by molar-refractivity contribution is 0.668. The van der Waals surface area contributed by atoms with E-state index in [4.69, 9.17) is 10.2 Å². The van der Waals surface area contributed by atoms with Crippen LogP contribution in [0.25, 0.3) is 55.5 Å². The van der Waals surface area contributed by atoms with Crippen LogP contribution in [0.4, 0.5) is 0 Å². The van der Waals surface area contributed by atoms with Gasteiger partial charge in [0.15, 0.2) is 0 Å². The van der Waals surface area contributed by atoms with E-state index < -0.39 is 0 Å². The van der Waals surface area contributed by atoms with Gasteiger partial charge in [0, 0.05) is 16.8 Å². The van der Waals surface area contributed by atoms with Crippen molar-refractivity contribution in [2.75, 3.05) is 0 Å². The molecule has 0 bridgehead atoms. The smallest absolute Gasteiger partial charge is 0.135 e. The predicted octanol–water partition coefficient (Wildman–Crippen LogP) is 7.78. The maximum Gasteiger partial charge on any atom is 0.135 e. The van der Waals surface area contributed by atoms with Crippen LogP contribution in [0.3, 0.4) is 0 Å². The summed E-state index contributed by atoms with van der Waals surface area (Å²) in [5.74, 6) is 0. The quantitative estimate of drug-likeness (QED) is 0.321. The molecule has 0 amide bonds. The Hall–Kier alpha value is -3.62. The van der Waals surface area contributed by atoms with E-state index in [0.29, 0.717) is 0 Å². The van der Waals surface area contributed by atoms with Crippen LogP contribution in [0.15, 0.2) is 77.2 Å². The summed E-state index contributed by atoms with van der Waals surface area (Å²) in [6.07, 6.45) is 9.00.